The van der Waals surface area contributed by atoms with E-state index in [4.69, 9.17) is 4.74 Å². The van der Waals surface area contributed by atoms with Gasteiger partial charge < -0.3 is 4.74 Å². The highest BCUT2D eigenvalue weighted by Gasteiger charge is 2.43. The fourth-order valence-electron chi connectivity index (χ4n) is 6.22. The van der Waals surface area contributed by atoms with Crippen LogP contribution >= 0.6 is 0 Å². The Morgan fingerprint density at radius 3 is 2.59 bits per heavy atom. The second kappa shape index (κ2) is 10.5. The van der Waals surface area contributed by atoms with Crippen molar-refractivity contribution in [2.45, 2.75) is 52.4 Å². The van der Waals surface area contributed by atoms with Crippen LogP contribution in [-0.2, 0) is 9.53 Å². The fraction of sp³-hybridized carbons (Fsp3) is 0.483. The van der Waals surface area contributed by atoms with Crippen molar-refractivity contribution in [1.29, 1.82) is 0 Å². The van der Waals surface area contributed by atoms with Gasteiger partial charge in [-0.2, -0.15) is 0 Å². The number of ether oxygens (including phenoxy) is 1. The average Bonchev–Trinajstić information content (AvgIpc) is 2.81. The summed E-state index contributed by atoms with van der Waals surface area (Å²) in [4.78, 5) is 11.4. The number of esters is 1. The summed E-state index contributed by atoms with van der Waals surface area (Å²) in [6, 6.07) is 15.1. The molecule has 0 aromatic heterocycles. The first kappa shape index (κ1) is 22.8. The zero-order chi connectivity index (χ0) is 22.5. The molecule has 4 rings (SSSR count). The third-order valence-corrected chi connectivity index (χ3v) is 7.72. The van der Waals surface area contributed by atoms with Crippen LogP contribution in [0.3, 0.4) is 0 Å². The van der Waals surface area contributed by atoms with Crippen LogP contribution in [0, 0.1) is 35.4 Å². The van der Waals surface area contributed by atoms with E-state index in [2.05, 4.69) is 43.3 Å². The predicted molar refractivity (Wildman–Crippen MR) is 128 cm³/mol. The lowest BCUT2D eigenvalue weighted by Crippen LogP contribution is -2.42. The van der Waals surface area contributed by atoms with Gasteiger partial charge in [0.15, 0.2) is 0 Å². The zero-order valence-electron chi connectivity index (χ0n) is 19.3. The van der Waals surface area contributed by atoms with E-state index in [9.17, 15) is 9.18 Å². The van der Waals surface area contributed by atoms with Gasteiger partial charge in [0.1, 0.15) is 5.82 Å². The predicted octanol–water partition coefficient (Wildman–Crippen LogP) is 7.54. The van der Waals surface area contributed by atoms with Gasteiger partial charge in [0, 0.05) is 6.92 Å². The molecule has 0 radical (unpaired) electrons. The van der Waals surface area contributed by atoms with Crippen molar-refractivity contribution in [1.82, 2.24) is 0 Å². The maximum atomic E-state index is 13.6. The Labute approximate surface area is 191 Å². The molecule has 2 fully saturated rings. The largest absolute Gasteiger partial charge is 0.466 e. The summed E-state index contributed by atoms with van der Waals surface area (Å²) in [5, 5.41) is 0. The summed E-state index contributed by atoms with van der Waals surface area (Å²) in [5.41, 5.74) is 3.10. The van der Waals surface area contributed by atoms with Crippen LogP contribution < -0.4 is 0 Å². The number of hydrogen-bond donors (Lipinski definition) is 0. The Bertz CT molecular complexity index is 932. The van der Waals surface area contributed by atoms with E-state index in [0.717, 1.165) is 29.4 Å². The molecule has 0 N–H and O–H groups in total. The van der Waals surface area contributed by atoms with E-state index in [1.165, 1.54) is 50.7 Å². The van der Waals surface area contributed by atoms with Crippen LogP contribution in [0.25, 0.3) is 17.2 Å². The standard InChI is InChI=1S/C29H35FO2/c1-3-27-25(19-32-20(2)31)17-24-7-4-5-10-28(24)29(27)16-13-21-11-14-22(15-12-21)23-8-6-9-26(30)18-23/h6,8-9,11-16,18,24-25,27-29H,3-5,7,10,17,19H2,1-2H3/t24-,25-,27-,28+,29+/m0/s1. The molecule has 0 bridgehead atoms. The number of halogens is 1. The Morgan fingerprint density at radius 1 is 1.09 bits per heavy atom. The molecule has 2 saturated carbocycles. The molecule has 170 valence electrons. The number of rotatable bonds is 6. The van der Waals surface area contributed by atoms with Crippen molar-refractivity contribution in [3.63, 3.8) is 0 Å². The molecule has 2 aliphatic rings. The molecule has 2 aromatic rings. The van der Waals surface area contributed by atoms with E-state index in [1.807, 2.05) is 6.07 Å². The van der Waals surface area contributed by atoms with Crippen LogP contribution in [0.1, 0.15) is 57.9 Å². The number of carbonyl (C=O) groups excluding carboxylic acids is 1. The molecule has 0 spiro atoms. The van der Waals surface area contributed by atoms with Crippen LogP contribution in [0.2, 0.25) is 0 Å². The lowest BCUT2D eigenvalue weighted by molar-refractivity contribution is -0.144. The number of fused-ring (bicyclic) bond motifs is 1. The fourth-order valence-corrected chi connectivity index (χ4v) is 6.22. The monoisotopic (exact) mass is 434 g/mol. The number of carbonyl (C=O) groups is 1. The van der Waals surface area contributed by atoms with Gasteiger partial charge in [0.05, 0.1) is 6.61 Å². The van der Waals surface area contributed by atoms with Gasteiger partial charge in [-0.25, -0.2) is 4.39 Å². The normalized spacial score (nSPS) is 27.8. The topological polar surface area (TPSA) is 26.3 Å². The summed E-state index contributed by atoms with van der Waals surface area (Å²) >= 11 is 0. The molecule has 2 aromatic carbocycles. The lowest BCUT2D eigenvalue weighted by Gasteiger charge is -2.48. The second-order valence-corrected chi connectivity index (χ2v) is 9.65. The van der Waals surface area contributed by atoms with Crippen LogP contribution in [0.5, 0.6) is 0 Å². The minimum Gasteiger partial charge on any atom is -0.466 e. The smallest absolute Gasteiger partial charge is 0.302 e. The molecular formula is C29H35FO2. The third kappa shape index (κ3) is 5.31. The lowest BCUT2D eigenvalue weighted by atomic mass is 9.57. The van der Waals surface area contributed by atoms with Gasteiger partial charge in [0.2, 0.25) is 0 Å². The van der Waals surface area contributed by atoms with Crippen LogP contribution in [0.15, 0.2) is 54.6 Å². The zero-order valence-corrected chi connectivity index (χ0v) is 19.3. The quantitative estimate of drug-likeness (QED) is 0.439. The van der Waals surface area contributed by atoms with E-state index in [-0.39, 0.29) is 11.8 Å². The molecule has 32 heavy (non-hydrogen) atoms. The van der Waals surface area contributed by atoms with Crippen molar-refractivity contribution in [2.75, 3.05) is 6.61 Å². The molecule has 2 aliphatic carbocycles. The van der Waals surface area contributed by atoms with Gasteiger partial charge in [-0.1, -0.05) is 81.2 Å². The van der Waals surface area contributed by atoms with Gasteiger partial charge in [0.25, 0.3) is 0 Å². The second-order valence-electron chi connectivity index (χ2n) is 9.65. The van der Waals surface area contributed by atoms with Crippen molar-refractivity contribution in [2.24, 2.45) is 29.6 Å². The molecule has 0 amide bonds. The Kier molecular flexibility index (Phi) is 7.44. The highest BCUT2D eigenvalue weighted by Crippen LogP contribution is 2.50. The molecule has 0 saturated heterocycles. The van der Waals surface area contributed by atoms with Gasteiger partial charge in [-0.15, -0.1) is 0 Å². The summed E-state index contributed by atoms with van der Waals surface area (Å²) in [5.74, 6) is 2.64. The van der Waals surface area contributed by atoms with E-state index >= 15 is 0 Å². The van der Waals surface area contributed by atoms with Gasteiger partial charge >= 0.3 is 5.97 Å². The molecule has 0 heterocycles. The summed E-state index contributed by atoms with van der Waals surface area (Å²) in [6.07, 6.45) is 12.3. The summed E-state index contributed by atoms with van der Waals surface area (Å²) in [7, 11) is 0. The Morgan fingerprint density at radius 2 is 1.88 bits per heavy atom. The highest BCUT2D eigenvalue weighted by molar-refractivity contribution is 5.66. The maximum absolute atomic E-state index is 13.6. The Hall–Kier alpha value is -2.42. The van der Waals surface area contributed by atoms with E-state index < -0.39 is 0 Å². The molecule has 0 unspecified atom stereocenters. The average molecular weight is 435 g/mol. The SMILES string of the molecule is CC[C@H]1[C@H](COC(C)=O)C[C@@H]2CCCC[C@H]2[C@@H]1C=Cc1ccc(-c2cccc(F)c2)cc1. The van der Waals surface area contributed by atoms with Crippen LogP contribution in [0.4, 0.5) is 4.39 Å². The molecule has 2 nitrogen and oxygen atoms in total. The third-order valence-electron chi connectivity index (χ3n) is 7.72. The first-order valence-corrected chi connectivity index (χ1v) is 12.2. The summed E-state index contributed by atoms with van der Waals surface area (Å²) < 4.78 is 19.0. The Balaban J connectivity index is 1.53. The first-order chi connectivity index (χ1) is 15.5. The molecular weight excluding hydrogens is 399 g/mol. The van der Waals surface area contributed by atoms with Gasteiger partial charge in [-0.3, -0.25) is 4.79 Å². The van der Waals surface area contributed by atoms with E-state index in [0.29, 0.717) is 24.4 Å². The first-order valence-electron chi connectivity index (χ1n) is 12.2. The minimum atomic E-state index is -0.209. The number of allylic oxidation sites excluding steroid dienone is 1. The minimum absolute atomic E-state index is 0.170. The van der Waals surface area contributed by atoms with Gasteiger partial charge in [-0.05, 0) is 71.3 Å². The van der Waals surface area contributed by atoms with E-state index in [1.54, 1.807) is 12.1 Å². The highest BCUT2D eigenvalue weighted by atomic mass is 19.1. The van der Waals surface area contributed by atoms with Crippen molar-refractivity contribution in [3.8, 4) is 11.1 Å². The molecule has 0 aliphatic heterocycles. The van der Waals surface area contributed by atoms with Crippen molar-refractivity contribution < 1.29 is 13.9 Å². The van der Waals surface area contributed by atoms with Crippen LogP contribution in [-0.4, -0.2) is 12.6 Å². The maximum Gasteiger partial charge on any atom is 0.302 e. The molecule has 5 atom stereocenters. The molecule has 3 heteroatoms. The number of benzene rings is 2. The number of hydrogen-bond acceptors (Lipinski definition) is 2. The van der Waals surface area contributed by atoms with Crippen molar-refractivity contribution in [3.05, 3.63) is 66.0 Å². The summed E-state index contributed by atoms with van der Waals surface area (Å²) in [6.45, 7) is 4.35. The van der Waals surface area contributed by atoms with Crippen molar-refractivity contribution >= 4 is 12.0 Å².